The average Bonchev–Trinajstić information content (AvgIpc) is 2.35. The third-order valence-electron chi connectivity index (χ3n) is 3.13. The monoisotopic (exact) mass is 251 g/mol. The van der Waals surface area contributed by atoms with E-state index in [0.717, 1.165) is 22.6 Å². The summed E-state index contributed by atoms with van der Waals surface area (Å²) in [6.07, 6.45) is 3.08. The number of hydrogen-bond donors (Lipinski definition) is 2. The van der Waals surface area contributed by atoms with Gasteiger partial charge in [-0.2, -0.15) is 0 Å². The van der Waals surface area contributed by atoms with Crippen molar-refractivity contribution in [2.45, 2.75) is 31.2 Å². The first-order valence-corrected chi connectivity index (χ1v) is 6.99. The van der Waals surface area contributed by atoms with Gasteiger partial charge < -0.3 is 10.6 Å². The summed E-state index contributed by atoms with van der Waals surface area (Å²) < 4.78 is 0. The van der Waals surface area contributed by atoms with E-state index in [1.165, 1.54) is 0 Å². The van der Waals surface area contributed by atoms with E-state index in [1.54, 1.807) is 11.8 Å². The normalized spacial score (nSPS) is 12.2. The van der Waals surface area contributed by atoms with Crippen LogP contribution in [-0.2, 0) is 0 Å². The van der Waals surface area contributed by atoms with Crippen molar-refractivity contribution in [2.75, 3.05) is 18.2 Å². The second kappa shape index (κ2) is 5.96. The van der Waals surface area contributed by atoms with Crippen LogP contribution in [0.25, 0.3) is 0 Å². The minimum atomic E-state index is 0.139. The first-order chi connectivity index (χ1) is 8.02. The van der Waals surface area contributed by atoms with Crippen molar-refractivity contribution < 1.29 is 0 Å². The SMILES string of the molecule is CCC(C)N(C)c1cccc(SC)c1C(=N)N. The maximum absolute atomic E-state index is 7.75. The van der Waals surface area contributed by atoms with Gasteiger partial charge in [0.05, 0.1) is 5.56 Å². The van der Waals surface area contributed by atoms with Gasteiger partial charge in [-0.25, -0.2) is 0 Å². The molecular weight excluding hydrogens is 230 g/mol. The van der Waals surface area contributed by atoms with Crippen LogP contribution in [0.1, 0.15) is 25.8 Å². The number of benzene rings is 1. The largest absolute Gasteiger partial charge is 0.384 e. The summed E-state index contributed by atoms with van der Waals surface area (Å²) in [6.45, 7) is 4.34. The average molecular weight is 251 g/mol. The highest BCUT2D eigenvalue weighted by Crippen LogP contribution is 2.30. The highest BCUT2D eigenvalue weighted by molar-refractivity contribution is 7.98. The molecule has 0 aliphatic heterocycles. The Morgan fingerprint density at radius 1 is 1.53 bits per heavy atom. The number of nitrogens with one attached hydrogen (secondary N) is 1. The molecule has 1 atom stereocenters. The molecule has 3 N–H and O–H groups in total. The zero-order valence-electron chi connectivity index (χ0n) is 10.9. The number of hydrogen-bond acceptors (Lipinski definition) is 3. The quantitative estimate of drug-likeness (QED) is 0.480. The summed E-state index contributed by atoms with van der Waals surface area (Å²) in [4.78, 5) is 3.25. The fraction of sp³-hybridized carbons (Fsp3) is 0.462. The molecular formula is C13H21N3S. The summed E-state index contributed by atoms with van der Waals surface area (Å²) in [6, 6.07) is 6.50. The molecule has 1 aromatic rings. The first-order valence-electron chi connectivity index (χ1n) is 5.77. The molecule has 0 aliphatic rings. The molecule has 4 heteroatoms. The molecule has 0 bridgehead atoms. The Hall–Kier alpha value is -1.16. The van der Waals surface area contributed by atoms with Crippen LogP contribution in [0.3, 0.4) is 0 Å². The molecule has 1 unspecified atom stereocenters. The van der Waals surface area contributed by atoms with Crippen molar-refractivity contribution >= 4 is 23.3 Å². The number of nitrogens with two attached hydrogens (primary N) is 1. The predicted molar refractivity (Wildman–Crippen MR) is 77.4 cm³/mol. The number of amidine groups is 1. The van der Waals surface area contributed by atoms with E-state index in [9.17, 15) is 0 Å². The number of rotatable bonds is 5. The van der Waals surface area contributed by atoms with E-state index in [4.69, 9.17) is 11.1 Å². The third-order valence-corrected chi connectivity index (χ3v) is 3.91. The van der Waals surface area contributed by atoms with Gasteiger partial charge in [0.25, 0.3) is 0 Å². The molecule has 0 spiro atoms. The van der Waals surface area contributed by atoms with Crippen LogP contribution in [0, 0.1) is 5.41 Å². The zero-order chi connectivity index (χ0) is 13.0. The Morgan fingerprint density at radius 3 is 2.65 bits per heavy atom. The topological polar surface area (TPSA) is 53.1 Å². The van der Waals surface area contributed by atoms with Crippen LogP contribution in [0.4, 0.5) is 5.69 Å². The fourth-order valence-electron chi connectivity index (χ4n) is 1.77. The van der Waals surface area contributed by atoms with Crippen molar-refractivity contribution in [1.29, 1.82) is 5.41 Å². The van der Waals surface area contributed by atoms with Crippen LogP contribution >= 0.6 is 11.8 Å². The Balaban J connectivity index is 3.27. The second-order valence-corrected chi connectivity index (χ2v) is 4.98. The standard InChI is InChI=1S/C13H21N3S/c1-5-9(2)16(3)10-7-6-8-11(17-4)12(10)13(14)15/h6-9H,5H2,1-4H3,(H3,14,15). The molecule has 0 saturated heterocycles. The van der Waals surface area contributed by atoms with Crippen molar-refractivity contribution in [3.05, 3.63) is 23.8 Å². The molecule has 0 aromatic heterocycles. The number of nitrogens with zero attached hydrogens (tertiary/aromatic N) is 1. The molecule has 0 fully saturated rings. The molecule has 1 aromatic carbocycles. The van der Waals surface area contributed by atoms with Crippen LogP contribution < -0.4 is 10.6 Å². The zero-order valence-corrected chi connectivity index (χ0v) is 11.8. The summed E-state index contributed by atoms with van der Waals surface area (Å²) in [5.74, 6) is 0.139. The lowest BCUT2D eigenvalue weighted by molar-refractivity contribution is 0.663. The van der Waals surface area contributed by atoms with Crippen molar-refractivity contribution in [1.82, 2.24) is 0 Å². The van der Waals surface area contributed by atoms with E-state index >= 15 is 0 Å². The van der Waals surface area contributed by atoms with E-state index in [-0.39, 0.29) is 5.84 Å². The van der Waals surface area contributed by atoms with Gasteiger partial charge in [-0.05, 0) is 31.7 Å². The van der Waals surface area contributed by atoms with Crippen LogP contribution in [0.2, 0.25) is 0 Å². The summed E-state index contributed by atoms with van der Waals surface area (Å²) in [5, 5.41) is 7.75. The molecule has 0 amide bonds. The molecule has 1 rings (SSSR count). The Morgan fingerprint density at radius 2 is 2.18 bits per heavy atom. The van der Waals surface area contributed by atoms with Gasteiger partial charge in [0.1, 0.15) is 5.84 Å². The summed E-state index contributed by atoms with van der Waals surface area (Å²) >= 11 is 1.63. The molecule has 0 heterocycles. The highest BCUT2D eigenvalue weighted by atomic mass is 32.2. The molecule has 0 radical (unpaired) electrons. The lowest BCUT2D eigenvalue weighted by Crippen LogP contribution is -2.30. The van der Waals surface area contributed by atoms with Gasteiger partial charge >= 0.3 is 0 Å². The lowest BCUT2D eigenvalue weighted by Gasteiger charge is -2.28. The van der Waals surface area contributed by atoms with Gasteiger partial charge in [-0.3, -0.25) is 5.41 Å². The Labute approximate surface area is 108 Å². The van der Waals surface area contributed by atoms with Gasteiger partial charge in [0.15, 0.2) is 0 Å². The van der Waals surface area contributed by atoms with Crippen LogP contribution in [-0.4, -0.2) is 25.2 Å². The van der Waals surface area contributed by atoms with Crippen molar-refractivity contribution in [3.63, 3.8) is 0 Å². The van der Waals surface area contributed by atoms with E-state index < -0.39 is 0 Å². The van der Waals surface area contributed by atoms with Crippen LogP contribution in [0.15, 0.2) is 23.1 Å². The lowest BCUT2D eigenvalue weighted by atomic mass is 10.1. The molecule has 3 nitrogen and oxygen atoms in total. The Kier molecular flexibility index (Phi) is 4.87. The maximum Gasteiger partial charge on any atom is 0.126 e. The number of anilines is 1. The fourth-order valence-corrected chi connectivity index (χ4v) is 2.40. The molecule has 0 saturated carbocycles. The smallest absolute Gasteiger partial charge is 0.126 e. The van der Waals surface area contributed by atoms with E-state index in [2.05, 4.69) is 25.8 Å². The third kappa shape index (κ3) is 2.94. The molecule has 0 aliphatic carbocycles. The van der Waals surface area contributed by atoms with Gasteiger partial charge in [-0.15, -0.1) is 11.8 Å². The maximum atomic E-state index is 7.75. The van der Waals surface area contributed by atoms with E-state index in [0.29, 0.717) is 6.04 Å². The minimum Gasteiger partial charge on any atom is -0.384 e. The van der Waals surface area contributed by atoms with Gasteiger partial charge in [-0.1, -0.05) is 13.0 Å². The first kappa shape index (κ1) is 13.9. The second-order valence-electron chi connectivity index (χ2n) is 4.14. The highest BCUT2D eigenvalue weighted by Gasteiger charge is 2.16. The van der Waals surface area contributed by atoms with Crippen molar-refractivity contribution in [3.8, 4) is 0 Å². The summed E-state index contributed by atoms with van der Waals surface area (Å²) in [7, 11) is 2.06. The van der Waals surface area contributed by atoms with E-state index in [1.807, 2.05) is 24.5 Å². The predicted octanol–water partition coefficient (Wildman–Crippen LogP) is 2.93. The van der Waals surface area contributed by atoms with Crippen molar-refractivity contribution in [2.24, 2.45) is 5.73 Å². The van der Waals surface area contributed by atoms with Crippen LogP contribution in [0.5, 0.6) is 0 Å². The Bertz CT molecular complexity index is 404. The van der Waals surface area contributed by atoms with Gasteiger partial charge in [0, 0.05) is 23.7 Å². The molecule has 94 valence electrons. The number of thioether (sulfide) groups is 1. The minimum absolute atomic E-state index is 0.139. The number of nitrogen functional groups attached to an aromatic ring is 1. The summed E-state index contributed by atoms with van der Waals surface area (Å²) in [5.41, 5.74) is 7.60. The molecule has 17 heavy (non-hydrogen) atoms. The van der Waals surface area contributed by atoms with Gasteiger partial charge in [0.2, 0.25) is 0 Å².